The van der Waals surface area contributed by atoms with Gasteiger partial charge in [-0.05, 0) is 74.4 Å². The quantitative estimate of drug-likeness (QED) is 0.409. The van der Waals surface area contributed by atoms with Crippen LogP contribution in [0.5, 0.6) is 17.2 Å². The number of benzene rings is 2. The number of aromatic hydroxyl groups is 1. The number of nitrogens with zero attached hydrogens (tertiary/aromatic N) is 1. The second-order valence-electron chi connectivity index (χ2n) is 11.6. The number of hydrogen-bond donors (Lipinski definition) is 4. The average Bonchev–Trinajstić information content (AvgIpc) is 3.65. The summed E-state index contributed by atoms with van der Waals surface area (Å²) in [5.41, 5.74) is -0.996. The number of aromatic carboxylic acids is 1. The molecule has 0 radical (unpaired) electrons. The predicted octanol–water partition coefficient (Wildman–Crippen LogP) is 2.10. The maximum absolute atomic E-state index is 14.0. The summed E-state index contributed by atoms with van der Waals surface area (Å²) in [5.74, 6) is -2.65. The Kier molecular flexibility index (Phi) is 5.13. The maximum atomic E-state index is 14.0. The molecule has 204 valence electrons. The van der Waals surface area contributed by atoms with E-state index in [0.29, 0.717) is 36.6 Å². The number of carbonyl (C=O) groups is 3. The number of amides is 1. The molecule has 10 heteroatoms. The lowest BCUT2D eigenvalue weighted by molar-refractivity contribution is -0.197. The standard InChI is InChI=1S/C29H30N2O8/c1-38-16-5-6-19(17(11-16)27(35)36)30-26(34)18-12-29(37)21-10-15-4-7-20(32)24-22(15)28(29,25(39-24)23(18)33)8-9-31(21)13-14-2-3-14/h4-7,11,14,18,21,25,32,37H,2-3,8-10,12-13H2,1H3,(H,30,34)(H,35,36)/t18?,21-,25+,28+,29-/m1/s1. The summed E-state index contributed by atoms with van der Waals surface area (Å²) < 4.78 is 11.3. The van der Waals surface area contributed by atoms with Crippen molar-refractivity contribution in [3.8, 4) is 17.2 Å². The van der Waals surface area contributed by atoms with E-state index in [2.05, 4.69) is 10.2 Å². The molecule has 2 aromatic rings. The first-order chi connectivity index (χ1) is 18.7. The van der Waals surface area contributed by atoms with Gasteiger partial charge in [0.2, 0.25) is 5.91 Å². The number of carboxylic acid groups (broad SMARTS) is 1. The highest BCUT2D eigenvalue weighted by Gasteiger charge is 2.75. The molecule has 3 fully saturated rings. The number of nitrogens with one attached hydrogen (secondary N) is 1. The lowest BCUT2D eigenvalue weighted by Gasteiger charge is -2.63. The molecule has 2 aromatic carbocycles. The number of phenols is 1. The highest BCUT2D eigenvalue weighted by molar-refractivity contribution is 6.12. The van der Waals surface area contributed by atoms with E-state index < -0.39 is 40.7 Å². The molecule has 5 aliphatic rings. The van der Waals surface area contributed by atoms with Crippen molar-refractivity contribution in [3.05, 3.63) is 47.0 Å². The van der Waals surface area contributed by atoms with Crippen molar-refractivity contribution in [2.75, 3.05) is 25.5 Å². The molecule has 2 aliphatic heterocycles. The fourth-order valence-electron chi connectivity index (χ4n) is 7.68. The van der Waals surface area contributed by atoms with E-state index in [1.807, 2.05) is 6.07 Å². The van der Waals surface area contributed by atoms with Crippen molar-refractivity contribution in [1.82, 2.24) is 4.90 Å². The zero-order chi connectivity index (χ0) is 27.3. The summed E-state index contributed by atoms with van der Waals surface area (Å²) in [6.07, 6.45) is 2.07. The molecule has 2 saturated carbocycles. The number of hydrogen-bond acceptors (Lipinski definition) is 8. The number of anilines is 1. The van der Waals surface area contributed by atoms with Gasteiger partial charge < -0.3 is 30.1 Å². The van der Waals surface area contributed by atoms with E-state index in [0.717, 1.165) is 24.9 Å². The molecular weight excluding hydrogens is 504 g/mol. The van der Waals surface area contributed by atoms with Gasteiger partial charge in [0.25, 0.3) is 0 Å². The third-order valence-corrected chi connectivity index (χ3v) is 9.66. The Bertz CT molecular complexity index is 1440. The van der Waals surface area contributed by atoms with Crippen molar-refractivity contribution in [2.45, 2.75) is 55.3 Å². The van der Waals surface area contributed by atoms with Gasteiger partial charge in [-0.1, -0.05) is 6.07 Å². The number of ether oxygens (including phenoxy) is 2. The van der Waals surface area contributed by atoms with Gasteiger partial charge >= 0.3 is 5.97 Å². The number of carbonyl (C=O) groups excluding carboxylic acids is 2. The molecule has 4 N–H and O–H groups in total. The molecule has 2 bridgehead atoms. The summed E-state index contributed by atoms with van der Waals surface area (Å²) in [4.78, 5) is 41.8. The molecule has 39 heavy (non-hydrogen) atoms. The van der Waals surface area contributed by atoms with Gasteiger partial charge in [-0.25, -0.2) is 4.79 Å². The smallest absolute Gasteiger partial charge is 0.337 e. The van der Waals surface area contributed by atoms with Gasteiger partial charge in [-0.2, -0.15) is 0 Å². The van der Waals surface area contributed by atoms with Gasteiger partial charge in [0.1, 0.15) is 11.7 Å². The first kappa shape index (κ1) is 24.4. The number of methoxy groups -OCH3 is 1. The van der Waals surface area contributed by atoms with E-state index in [-0.39, 0.29) is 35.2 Å². The van der Waals surface area contributed by atoms with Crippen LogP contribution in [0.4, 0.5) is 5.69 Å². The topological polar surface area (TPSA) is 146 Å². The lowest BCUT2D eigenvalue weighted by atomic mass is 9.47. The molecule has 0 aromatic heterocycles. The van der Waals surface area contributed by atoms with Crippen molar-refractivity contribution in [3.63, 3.8) is 0 Å². The van der Waals surface area contributed by atoms with Gasteiger partial charge in [0, 0.05) is 18.2 Å². The minimum atomic E-state index is -1.46. The first-order valence-corrected chi connectivity index (χ1v) is 13.4. The van der Waals surface area contributed by atoms with Gasteiger partial charge in [0.05, 0.1) is 29.4 Å². The van der Waals surface area contributed by atoms with Crippen LogP contribution in [0.2, 0.25) is 0 Å². The van der Waals surface area contributed by atoms with Crippen molar-refractivity contribution < 1.29 is 39.2 Å². The van der Waals surface area contributed by atoms with Crippen LogP contribution in [0, 0.1) is 11.8 Å². The van der Waals surface area contributed by atoms with Gasteiger partial charge in [-0.15, -0.1) is 0 Å². The summed E-state index contributed by atoms with van der Waals surface area (Å²) >= 11 is 0. The Morgan fingerprint density at radius 1 is 1.23 bits per heavy atom. The highest BCUT2D eigenvalue weighted by Crippen LogP contribution is 2.65. The molecule has 3 aliphatic carbocycles. The van der Waals surface area contributed by atoms with Crippen LogP contribution in [0.25, 0.3) is 0 Å². The molecule has 10 nitrogen and oxygen atoms in total. The third-order valence-electron chi connectivity index (χ3n) is 9.66. The zero-order valence-corrected chi connectivity index (χ0v) is 21.5. The predicted molar refractivity (Wildman–Crippen MR) is 137 cm³/mol. The average molecular weight is 535 g/mol. The SMILES string of the molecule is COc1ccc(NC(=O)C2C[C@@]3(O)[C@H]4Cc5ccc(O)c6c5[C@@]3(CCN4CC3CC3)[C@@H](O6)C2=O)c(C(=O)O)c1. The minimum Gasteiger partial charge on any atom is -0.504 e. The number of likely N-dealkylation sites (tertiary alicyclic amines) is 1. The molecule has 1 saturated heterocycles. The Morgan fingerprint density at radius 3 is 2.74 bits per heavy atom. The number of Topliss-reactive ketones (excluding diaryl/α,β-unsaturated/α-hetero) is 1. The number of rotatable bonds is 6. The zero-order valence-electron chi connectivity index (χ0n) is 21.5. The molecule has 1 spiro atoms. The Morgan fingerprint density at radius 2 is 2.03 bits per heavy atom. The Labute approximate surface area is 224 Å². The summed E-state index contributed by atoms with van der Waals surface area (Å²) in [6.45, 7) is 1.54. The fourth-order valence-corrected chi connectivity index (χ4v) is 7.68. The van der Waals surface area contributed by atoms with Crippen LogP contribution in [-0.2, 0) is 21.4 Å². The molecular formula is C29H30N2O8. The number of carboxylic acids is 1. The summed E-state index contributed by atoms with van der Waals surface area (Å²) in [7, 11) is 1.41. The van der Waals surface area contributed by atoms with Crippen LogP contribution in [0.1, 0.15) is 47.2 Å². The van der Waals surface area contributed by atoms with E-state index >= 15 is 0 Å². The van der Waals surface area contributed by atoms with E-state index in [1.54, 1.807) is 6.07 Å². The second-order valence-corrected chi connectivity index (χ2v) is 11.6. The normalized spacial score (nSPS) is 32.3. The van der Waals surface area contributed by atoms with Crippen LogP contribution in [-0.4, -0.2) is 75.8 Å². The monoisotopic (exact) mass is 534 g/mol. The summed E-state index contributed by atoms with van der Waals surface area (Å²) in [6, 6.07) is 7.35. The van der Waals surface area contributed by atoms with Crippen LogP contribution < -0.4 is 14.8 Å². The maximum Gasteiger partial charge on any atom is 0.337 e. The van der Waals surface area contributed by atoms with Crippen molar-refractivity contribution in [2.24, 2.45) is 11.8 Å². The molecule has 1 unspecified atom stereocenters. The fraction of sp³-hybridized carbons (Fsp3) is 0.483. The van der Waals surface area contributed by atoms with E-state index in [1.165, 1.54) is 25.3 Å². The van der Waals surface area contributed by atoms with Gasteiger partial charge in [0.15, 0.2) is 23.4 Å². The molecule has 1 amide bonds. The van der Waals surface area contributed by atoms with E-state index in [9.17, 15) is 29.7 Å². The molecule has 2 heterocycles. The Hall–Kier alpha value is -3.63. The van der Waals surface area contributed by atoms with Crippen molar-refractivity contribution >= 4 is 23.3 Å². The highest BCUT2D eigenvalue weighted by atomic mass is 16.5. The summed E-state index contributed by atoms with van der Waals surface area (Å²) in [5, 5.41) is 35.7. The van der Waals surface area contributed by atoms with Crippen LogP contribution in [0.3, 0.4) is 0 Å². The minimum absolute atomic E-state index is 0.0307. The second kappa shape index (κ2) is 8.19. The van der Waals surface area contributed by atoms with Gasteiger partial charge in [-0.3, -0.25) is 14.5 Å². The van der Waals surface area contributed by atoms with Crippen molar-refractivity contribution in [1.29, 1.82) is 0 Å². The number of piperidine rings is 1. The largest absolute Gasteiger partial charge is 0.504 e. The third kappa shape index (κ3) is 3.24. The van der Waals surface area contributed by atoms with E-state index in [4.69, 9.17) is 9.47 Å². The Balaban J connectivity index is 1.29. The number of ketones is 1. The van der Waals surface area contributed by atoms with Crippen LogP contribution in [0.15, 0.2) is 30.3 Å². The number of phenolic OH excluding ortho intramolecular Hbond substituents is 1. The number of aliphatic hydroxyl groups is 1. The van der Waals surface area contributed by atoms with Crippen LogP contribution >= 0.6 is 0 Å². The first-order valence-electron chi connectivity index (χ1n) is 13.4. The molecule has 5 atom stereocenters. The molecule has 7 rings (SSSR count). The lowest BCUT2D eigenvalue weighted by Crippen LogP contribution is -2.78.